The summed E-state index contributed by atoms with van der Waals surface area (Å²) in [5.41, 5.74) is 0.0102. The molecule has 0 aromatic heterocycles. The summed E-state index contributed by atoms with van der Waals surface area (Å²) < 4.78 is 6.75. The first-order valence-electron chi connectivity index (χ1n) is 10.3. The molecule has 0 bridgehead atoms. The topological polar surface area (TPSA) is 32.7 Å². The van der Waals surface area contributed by atoms with Crippen LogP contribution in [0.3, 0.4) is 0 Å². The van der Waals surface area contributed by atoms with Gasteiger partial charge in [-0.3, -0.25) is 4.90 Å². The minimum absolute atomic E-state index is 0.0121. The zero-order valence-corrected chi connectivity index (χ0v) is 16.4. The van der Waals surface area contributed by atoms with Crippen molar-refractivity contribution in [1.29, 1.82) is 0 Å². The molecule has 0 unspecified atom stereocenters. The highest BCUT2D eigenvalue weighted by atomic mass is 16.5. The van der Waals surface area contributed by atoms with Crippen molar-refractivity contribution in [2.24, 2.45) is 11.8 Å². The van der Waals surface area contributed by atoms with Gasteiger partial charge in [0.1, 0.15) is 11.8 Å². The number of hydrogen-bond acceptors (Lipinski definition) is 3. The second-order valence-corrected chi connectivity index (χ2v) is 9.16. The van der Waals surface area contributed by atoms with Gasteiger partial charge < -0.3 is 9.84 Å². The number of fused-ring (bicyclic) bond motifs is 2. The highest BCUT2D eigenvalue weighted by Gasteiger charge is 2.56. The number of benzene rings is 1. The van der Waals surface area contributed by atoms with Crippen LogP contribution < -0.4 is 0 Å². The van der Waals surface area contributed by atoms with Crippen LogP contribution in [0.15, 0.2) is 42.5 Å². The lowest BCUT2D eigenvalue weighted by Crippen LogP contribution is -2.69. The van der Waals surface area contributed by atoms with Crippen molar-refractivity contribution in [3.8, 4) is 0 Å². The minimum atomic E-state index is -0.977. The van der Waals surface area contributed by atoms with E-state index in [0.29, 0.717) is 18.3 Å². The van der Waals surface area contributed by atoms with E-state index in [9.17, 15) is 5.11 Å². The van der Waals surface area contributed by atoms with Gasteiger partial charge in [-0.2, -0.15) is 0 Å². The molecule has 2 heterocycles. The first-order chi connectivity index (χ1) is 12.4. The van der Waals surface area contributed by atoms with Gasteiger partial charge in [-0.1, -0.05) is 55.8 Å². The van der Waals surface area contributed by atoms with Crippen molar-refractivity contribution in [2.75, 3.05) is 6.54 Å². The van der Waals surface area contributed by atoms with E-state index in [-0.39, 0.29) is 17.9 Å². The van der Waals surface area contributed by atoms with E-state index in [1.54, 1.807) is 0 Å². The number of allylic oxidation sites excluding steroid dienone is 1. The fraction of sp³-hybridized carbons (Fsp3) is 0.652. The van der Waals surface area contributed by atoms with Crippen molar-refractivity contribution < 1.29 is 9.84 Å². The summed E-state index contributed by atoms with van der Waals surface area (Å²) in [5.74, 6) is 1.24. The average molecular weight is 356 g/mol. The molecule has 1 aromatic rings. The lowest BCUT2D eigenvalue weighted by Gasteiger charge is -2.60. The van der Waals surface area contributed by atoms with Crippen LogP contribution in [0.2, 0.25) is 0 Å². The number of rotatable bonds is 1. The van der Waals surface area contributed by atoms with Gasteiger partial charge in [0.15, 0.2) is 0 Å². The molecule has 2 fully saturated rings. The third-order valence-electron chi connectivity index (χ3n) is 7.13. The molecular formula is C23H33NO2. The SMILES string of the molecule is C[C@@H]1CC[C@@H]2[C@@H](C1)O[C@@H]1N(C/C=C\CC[C@]1(O)c1ccccc1)C2(C)C. The molecule has 3 nitrogen and oxygen atoms in total. The maximum atomic E-state index is 11.9. The zero-order chi connectivity index (χ0) is 18.4. The van der Waals surface area contributed by atoms with Gasteiger partial charge in [0.25, 0.3) is 0 Å². The Bertz CT molecular complexity index is 655. The summed E-state index contributed by atoms with van der Waals surface area (Å²) >= 11 is 0. The molecular weight excluding hydrogens is 322 g/mol. The predicted molar refractivity (Wildman–Crippen MR) is 105 cm³/mol. The van der Waals surface area contributed by atoms with Crippen molar-refractivity contribution >= 4 is 0 Å². The monoisotopic (exact) mass is 355 g/mol. The molecule has 1 aromatic carbocycles. The number of hydrogen-bond donors (Lipinski definition) is 1. The lowest BCUT2D eigenvalue weighted by atomic mass is 9.68. The molecule has 1 aliphatic carbocycles. The molecule has 0 spiro atoms. The Morgan fingerprint density at radius 1 is 1.12 bits per heavy atom. The van der Waals surface area contributed by atoms with Crippen LogP contribution in [-0.4, -0.2) is 34.4 Å². The Labute approximate surface area is 158 Å². The highest BCUT2D eigenvalue weighted by molar-refractivity contribution is 5.25. The molecule has 1 saturated carbocycles. The van der Waals surface area contributed by atoms with E-state index in [1.165, 1.54) is 12.8 Å². The quantitative estimate of drug-likeness (QED) is 0.755. The largest absolute Gasteiger partial charge is 0.381 e. The summed E-state index contributed by atoms with van der Waals surface area (Å²) in [7, 11) is 0. The Balaban J connectivity index is 1.77. The molecule has 3 heteroatoms. The highest BCUT2D eigenvalue weighted by Crippen LogP contribution is 2.49. The Hall–Kier alpha value is -1.16. The molecule has 2 aliphatic heterocycles. The van der Waals surface area contributed by atoms with Gasteiger partial charge in [-0.05, 0) is 51.0 Å². The molecule has 5 atom stereocenters. The number of aliphatic hydroxyl groups is 1. The molecule has 0 amide bonds. The van der Waals surface area contributed by atoms with Crippen LogP contribution in [0.5, 0.6) is 0 Å². The third-order valence-corrected chi connectivity index (χ3v) is 7.13. The molecule has 3 aliphatic rings. The van der Waals surface area contributed by atoms with E-state index in [2.05, 4.69) is 50.0 Å². The molecule has 26 heavy (non-hydrogen) atoms. The Kier molecular flexibility index (Phi) is 4.75. The van der Waals surface area contributed by atoms with Gasteiger partial charge in [-0.25, -0.2) is 0 Å². The second kappa shape index (κ2) is 6.78. The summed E-state index contributed by atoms with van der Waals surface area (Å²) in [6.07, 6.45) is 9.61. The van der Waals surface area contributed by atoms with Crippen LogP contribution >= 0.6 is 0 Å². The van der Waals surface area contributed by atoms with Crippen LogP contribution in [0.1, 0.15) is 58.4 Å². The maximum Gasteiger partial charge on any atom is 0.144 e. The fourth-order valence-corrected chi connectivity index (χ4v) is 5.49. The number of nitrogens with zero attached hydrogens (tertiary/aromatic N) is 1. The van der Waals surface area contributed by atoms with Crippen molar-refractivity contribution in [3.05, 3.63) is 48.0 Å². The lowest BCUT2D eigenvalue weighted by molar-refractivity contribution is -0.289. The summed E-state index contributed by atoms with van der Waals surface area (Å²) in [6, 6.07) is 10.2. The predicted octanol–water partition coefficient (Wildman–Crippen LogP) is 4.47. The summed E-state index contributed by atoms with van der Waals surface area (Å²) in [5, 5.41) is 11.9. The first-order valence-corrected chi connectivity index (χ1v) is 10.3. The Morgan fingerprint density at radius 3 is 2.65 bits per heavy atom. The van der Waals surface area contributed by atoms with Crippen LogP contribution in [0.4, 0.5) is 0 Å². The smallest absolute Gasteiger partial charge is 0.144 e. The van der Waals surface area contributed by atoms with Gasteiger partial charge in [-0.15, -0.1) is 0 Å². The van der Waals surface area contributed by atoms with Gasteiger partial charge >= 0.3 is 0 Å². The standard InChI is InChI=1S/C23H33NO2/c1-17-12-13-19-20(16-17)26-21-23(25,18-10-6-4-7-11-18)14-8-5-9-15-24(21)22(19,2)3/h4-7,9-11,17,19-21,25H,8,12-16H2,1-3H3/b9-5-/t17-,19-,20-,21+,23+/m1/s1. The zero-order valence-electron chi connectivity index (χ0n) is 16.4. The average Bonchev–Trinajstić information content (AvgIpc) is 2.61. The minimum Gasteiger partial charge on any atom is -0.381 e. The van der Waals surface area contributed by atoms with E-state index in [0.717, 1.165) is 24.9 Å². The maximum absolute atomic E-state index is 11.9. The third kappa shape index (κ3) is 2.94. The fourth-order valence-electron chi connectivity index (χ4n) is 5.49. The van der Waals surface area contributed by atoms with E-state index in [1.807, 2.05) is 18.2 Å². The molecule has 4 rings (SSSR count). The molecule has 1 saturated heterocycles. The summed E-state index contributed by atoms with van der Waals surface area (Å²) in [4.78, 5) is 2.42. The van der Waals surface area contributed by atoms with Gasteiger partial charge in [0.2, 0.25) is 0 Å². The van der Waals surface area contributed by atoms with E-state index < -0.39 is 5.60 Å². The van der Waals surface area contributed by atoms with Crippen molar-refractivity contribution in [3.63, 3.8) is 0 Å². The molecule has 0 radical (unpaired) electrons. The second-order valence-electron chi connectivity index (χ2n) is 9.16. The van der Waals surface area contributed by atoms with Crippen molar-refractivity contribution in [2.45, 2.75) is 76.3 Å². The van der Waals surface area contributed by atoms with E-state index in [4.69, 9.17) is 4.74 Å². The normalized spacial score (nSPS) is 41.4. The van der Waals surface area contributed by atoms with Crippen LogP contribution in [-0.2, 0) is 10.3 Å². The Morgan fingerprint density at radius 2 is 1.88 bits per heavy atom. The van der Waals surface area contributed by atoms with Crippen molar-refractivity contribution in [1.82, 2.24) is 4.90 Å². The summed E-state index contributed by atoms with van der Waals surface area (Å²) in [6.45, 7) is 7.89. The van der Waals surface area contributed by atoms with Gasteiger partial charge in [0, 0.05) is 18.0 Å². The van der Waals surface area contributed by atoms with Crippen LogP contribution in [0.25, 0.3) is 0 Å². The van der Waals surface area contributed by atoms with Gasteiger partial charge in [0.05, 0.1) is 6.10 Å². The number of ether oxygens (including phenoxy) is 1. The van der Waals surface area contributed by atoms with E-state index >= 15 is 0 Å². The van der Waals surface area contributed by atoms with Crippen LogP contribution in [0, 0.1) is 11.8 Å². The molecule has 1 N–H and O–H groups in total. The first kappa shape index (κ1) is 18.2. The molecule has 142 valence electrons.